The van der Waals surface area contributed by atoms with Crippen LogP contribution in [0, 0.1) is 0 Å². The number of carboxylic acids is 1. The van der Waals surface area contributed by atoms with Gasteiger partial charge in [-0.15, -0.1) is 0 Å². The minimum Gasteiger partial charge on any atom is -0.489 e. The Morgan fingerprint density at radius 1 is 1.30 bits per heavy atom. The first-order valence-corrected chi connectivity index (χ1v) is 9.76. The van der Waals surface area contributed by atoms with Crippen LogP contribution >= 0.6 is 11.6 Å². The first kappa shape index (κ1) is 19.9. The Morgan fingerprint density at radius 3 is 2.87 bits per heavy atom. The fourth-order valence-corrected chi connectivity index (χ4v) is 3.34. The Labute approximate surface area is 177 Å². The van der Waals surface area contributed by atoms with Crippen molar-refractivity contribution in [3.63, 3.8) is 0 Å². The highest BCUT2D eigenvalue weighted by molar-refractivity contribution is 6.32. The van der Waals surface area contributed by atoms with Crippen LogP contribution in [-0.4, -0.2) is 36.9 Å². The largest absolute Gasteiger partial charge is 0.489 e. The number of benzene rings is 1. The summed E-state index contributed by atoms with van der Waals surface area (Å²) in [4.78, 5) is 19.7. The first-order valence-electron chi connectivity index (χ1n) is 9.38. The number of carbonyl (C=O) groups is 1. The van der Waals surface area contributed by atoms with Crippen molar-refractivity contribution in [1.82, 2.24) is 19.7 Å². The summed E-state index contributed by atoms with van der Waals surface area (Å²) in [7, 11) is 0. The van der Waals surface area contributed by atoms with Crippen LogP contribution in [-0.2, 0) is 11.3 Å². The van der Waals surface area contributed by atoms with E-state index in [2.05, 4.69) is 15.1 Å². The molecule has 0 aliphatic rings. The molecule has 4 rings (SSSR count). The molecule has 0 fully saturated rings. The summed E-state index contributed by atoms with van der Waals surface area (Å²) in [5.41, 5.74) is 2.08. The normalized spacial score (nSPS) is 11.3. The van der Waals surface area contributed by atoms with Gasteiger partial charge in [-0.3, -0.25) is 4.79 Å². The molecule has 9 heteroatoms. The molecule has 0 unspecified atom stereocenters. The molecule has 0 bridgehead atoms. The second kappa shape index (κ2) is 8.16. The maximum atomic E-state index is 10.9. The van der Waals surface area contributed by atoms with Crippen molar-refractivity contribution in [2.75, 3.05) is 0 Å². The second-order valence-corrected chi connectivity index (χ2v) is 7.39. The van der Waals surface area contributed by atoms with E-state index in [9.17, 15) is 4.79 Å². The van der Waals surface area contributed by atoms with Gasteiger partial charge >= 0.3 is 5.97 Å². The average molecular weight is 427 g/mol. The molecule has 0 saturated heterocycles. The van der Waals surface area contributed by atoms with Gasteiger partial charge in [0.2, 0.25) is 5.82 Å². The minimum absolute atomic E-state index is 0.0116. The summed E-state index contributed by atoms with van der Waals surface area (Å²) in [5, 5.41) is 14.3. The molecule has 0 spiro atoms. The molecule has 0 atom stereocenters. The molecule has 154 valence electrons. The lowest BCUT2D eigenvalue weighted by atomic mass is 10.2. The predicted molar refractivity (Wildman–Crippen MR) is 111 cm³/mol. The lowest BCUT2D eigenvalue weighted by Crippen LogP contribution is -2.05. The standard InChI is InChI=1S/C21H19ClN4O4/c1-12(2)29-17-4-3-13(11-16(17)22)19-24-21(30-25-19)15-5-8-23-20-14(15)6-9-26(20)10-7-18(27)28/h3-6,8-9,11-12H,7,10H2,1-2H3,(H,27,28). The van der Waals surface area contributed by atoms with E-state index in [-0.39, 0.29) is 12.5 Å². The molecule has 4 aromatic rings. The SMILES string of the molecule is CC(C)Oc1ccc(-c2noc(-c3ccnc4c3ccn4CCC(=O)O)n2)cc1Cl. The monoisotopic (exact) mass is 426 g/mol. The third-order valence-corrected chi connectivity index (χ3v) is 4.73. The number of ether oxygens (including phenoxy) is 1. The number of pyridine rings is 1. The molecular weight excluding hydrogens is 408 g/mol. The zero-order valence-corrected chi connectivity index (χ0v) is 17.1. The number of hydrogen-bond acceptors (Lipinski definition) is 6. The summed E-state index contributed by atoms with van der Waals surface area (Å²) < 4.78 is 12.9. The Kier molecular flexibility index (Phi) is 5.41. The van der Waals surface area contributed by atoms with Crippen molar-refractivity contribution in [1.29, 1.82) is 0 Å². The van der Waals surface area contributed by atoms with Crippen LogP contribution in [0.2, 0.25) is 5.02 Å². The van der Waals surface area contributed by atoms with Gasteiger partial charge in [0.25, 0.3) is 5.89 Å². The zero-order chi connectivity index (χ0) is 21.3. The van der Waals surface area contributed by atoms with Gasteiger partial charge in [-0.2, -0.15) is 4.98 Å². The molecule has 0 radical (unpaired) electrons. The number of hydrogen-bond donors (Lipinski definition) is 1. The van der Waals surface area contributed by atoms with Crippen molar-refractivity contribution in [3.05, 3.63) is 47.7 Å². The number of aliphatic carboxylic acids is 1. The van der Waals surface area contributed by atoms with E-state index in [1.807, 2.05) is 26.0 Å². The van der Waals surface area contributed by atoms with Crippen LogP contribution in [0.4, 0.5) is 0 Å². The van der Waals surface area contributed by atoms with Crippen LogP contribution in [0.15, 0.2) is 47.2 Å². The van der Waals surface area contributed by atoms with E-state index in [1.54, 1.807) is 35.2 Å². The zero-order valence-electron chi connectivity index (χ0n) is 16.4. The van der Waals surface area contributed by atoms with Crippen molar-refractivity contribution in [2.24, 2.45) is 0 Å². The Balaban J connectivity index is 1.65. The van der Waals surface area contributed by atoms with Gasteiger partial charge in [0.15, 0.2) is 0 Å². The molecule has 0 aliphatic carbocycles. The number of nitrogens with zero attached hydrogens (tertiary/aromatic N) is 4. The van der Waals surface area contributed by atoms with Gasteiger partial charge in [0.05, 0.1) is 23.1 Å². The Bertz CT molecular complexity index is 1210. The summed E-state index contributed by atoms with van der Waals surface area (Å²) in [5.74, 6) is 0.473. The Morgan fingerprint density at radius 2 is 2.13 bits per heavy atom. The molecule has 30 heavy (non-hydrogen) atoms. The summed E-state index contributed by atoms with van der Waals surface area (Å²) in [6.45, 7) is 4.19. The number of carboxylic acid groups (broad SMARTS) is 1. The molecule has 0 saturated carbocycles. The summed E-state index contributed by atoms with van der Waals surface area (Å²) >= 11 is 6.32. The minimum atomic E-state index is -0.863. The first-order chi connectivity index (χ1) is 14.4. The van der Waals surface area contributed by atoms with Gasteiger partial charge in [0, 0.05) is 29.9 Å². The fraction of sp³-hybridized carbons (Fsp3) is 0.238. The van der Waals surface area contributed by atoms with Crippen molar-refractivity contribution in [3.8, 4) is 28.6 Å². The number of fused-ring (bicyclic) bond motifs is 1. The van der Waals surface area contributed by atoms with Crippen molar-refractivity contribution in [2.45, 2.75) is 32.9 Å². The third kappa shape index (κ3) is 3.99. The number of halogens is 1. The molecule has 0 amide bonds. The van der Waals surface area contributed by atoms with E-state index >= 15 is 0 Å². The van der Waals surface area contributed by atoms with Crippen molar-refractivity contribution >= 4 is 28.6 Å². The van der Waals surface area contributed by atoms with E-state index in [0.29, 0.717) is 40.2 Å². The fourth-order valence-electron chi connectivity index (χ4n) is 3.11. The summed E-state index contributed by atoms with van der Waals surface area (Å²) in [6, 6.07) is 8.98. The number of aromatic nitrogens is 4. The predicted octanol–water partition coefficient (Wildman–Crippen LogP) is 4.67. The quantitative estimate of drug-likeness (QED) is 0.458. The highest BCUT2D eigenvalue weighted by atomic mass is 35.5. The van der Waals surface area contributed by atoms with E-state index in [4.69, 9.17) is 26.0 Å². The van der Waals surface area contributed by atoms with Crippen molar-refractivity contribution < 1.29 is 19.2 Å². The lowest BCUT2D eigenvalue weighted by Gasteiger charge is -2.11. The molecular formula is C21H19ClN4O4. The van der Waals surface area contributed by atoms with Gasteiger partial charge in [-0.05, 0) is 44.2 Å². The van der Waals surface area contributed by atoms with E-state index in [0.717, 1.165) is 10.9 Å². The van der Waals surface area contributed by atoms with Crippen LogP contribution in [0.3, 0.4) is 0 Å². The number of aryl methyl sites for hydroxylation is 1. The smallest absolute Gasteiger partial charge is 0.305 e. The highest BCUT2D eigenvalue weighted by Crippen LogP contribution is 2.32. The van der Waals surface area contributed by atoms with Gasteiger partial charge in [-0.25, -0.2) is 4.98 Å². The Hall–Kier alpha value is -3.39. The average Bonchev–Trinajstić information content (AvgIpc) is 3.34. The van der Waals surface area contributed by atoms with E-state index in [1.165, 1.54) is 0 Å². The van der Waals surface area contributed by atoms with Crippen LogP contribution in [0.5, 0.6) is 5.75 Å². The molecule has 3 heterocycles. The molecule has 8 nitrogen and oxygen atoms in total. The maximum absolute atomic E-state index is 10.9. The van der Waals surface area contributed by atoms with E-state index < -0.39 is 5.97 Å². The number of rotatable bonds is 7. The third-order valence-electron chi connectivity index (χ3n) is 4.44. The molecule has 3 aromatic heterocycles. The second-order valence-electron chi connectivity index (χ2n) is 6.98. The highest BCUT2D eigenvalue weighted by Gasteiger charge is 2.17. The van der Waals surface area contributed by atoms with Crippen LogP contribution < -0.4 is 4.74 Å². The van der Waals surface area contributed by atoms with Gasteiger partial charge in [-0.1, -0.05) is 16.8 Å². The van der Waals surface area contributed by atoms with Gasteiger partial charge in [0.1, 0.15) is 11.4 Å². The lowest BCUT2D eigenvalue weighted by molar-refractivity contribution is -0.137. The van der Waals surface area contributed by atoms with Gasteiger partial charge < -0.3 is 18.9 Å². The molecule has 1 N–H and O–H groups in total. The van der Waals surface area contributed by atoms with Crippen LogP contribution in [0.25, 0.3) is 33.9 Å². The topological polar surface area (TPSA) is 103 Å². The summed E-state index contributed by atoms with van der Waals surface area (Å²) in [6.07, 6.45) is 3.46. The molecule has 0 aliphatic heterocycles. The van der Waals surface area contributed by atoms with Crippen LogP contribution in [0.1, 0.15) is 20.3 Å². The maximum Gasteiger partial charge on any atom is 0.305 e. The molecule has 1 aromatic carbocycles.